The fourth-order valence-corrected chi connectivity index (χ4v) is 0.696. The van der Waals surface area contributed by atoms with Gasteiger partial charge in [-0.15, -0.1) is 0 Å². The quantitative estimate of drug-likeness (QED) is 0.636. The molecule has 0 aliphatic carbocycles. The summed E-state index contributed by atoms with van der Waals surface area (Å²) in [7, 11) is 0. The molecule has 56 valence electrons. The van der Waals surface area contributed by atoms with E-state index in [1.54, 1.807) is 24.3 Å². The van der Waals surface area contributed by atoms with Gasteiger partial charge in [0.2, 0.25) is 0 Å². The molecule has 0 fully saturated rings. The smallest absolute Gasteiger partial charge is 1.00 e. The van der Waals surface area contributed by atoms with Crippen molar-refractivity contribution in [2.75, 3.05) is 0 Å². The molecule has 0 unspecified atom stereocenters. The van der Waals surface area contributed by atoms with Crippen LogP contribution in [0.25, 0.3) is 0 Å². The van der Waals surface area contributed by atoms with E-state index < -0.39 is 5.97 Å². The van der Waals surface area contributed by atoms with Crippen molar-refractivity contribution in [3.8, 4) is 0 Å². The first kappa shape index (κ1) is 10.5. The summed E-state index contributed by atoms with van der Waals surface area (Å²) in [4.78, 5) is 10.3. The minimum Gasteiger partial charge on any atom is -1.00 e. The van der Waals surface area contributed by atoms with Crippen LogP contribution in [0.4, 0.5) is 0 Å². The molecule has 3 heteroatoms. The molecule has 1 rings (SSSR count). The van der Waals surface area contributed by atoms with Gasteiger partial charge in [0.05, 0.1) is 5.56 Å². The Bertz CT molecular complexity index is 249. The Balaban J connectivity index is -0.000000333. The molecule has 0 aliphatic heterocycles. The van der Waals surface area contributed by atoms with Crippen molar-refractivity contribution in [3.63, 3.8) is 0 Å². The van der Waals surface area contributed by atoms with Gasteiger partial charge < -0.3 is 7.96 Å². The normalized spacial score (nSPS) is 8.45. The predicted octanol–water partition coefficient (Wildman–Crippen LogP) is 1.54. The number of aromatic carboxylic acids is 1. The summed E-state index contributed by atoms with van der Waals surface area (Å²) in [5.74, 6) is -0.875. The number of carboxylic acid groups (broad SMARTS) is 1. The van der Waals surface area contributed by atoms with Crippen LogP contribution < -0.4 is 0 Å². The second-order valence-electron chi connectivity index (χ2n) is 2.17. The molecule has 11 heavy (non-hydrogen) atoms. The van der Waals surface area contributed by atoms with E-state index in [0.29, 0.717) is 5.56 Å². The summed E-state index contributed by atoms with van der Waals surface area (Å²) < 4.78 is 0. The third-order valence-electron chi connectivity index (χ3n) is 1.30. The van der Waals surface area contributed by atoms with Crippen LogP contribution in [0, 0.1) is 6.92 Å². The van der Waals surface area contributed by atoms with Crippen molar-refractivity contribution in [1.29, 1.82) is 0 Å². The van der Waals surface area contributed by atoms with Crippen LogP contribution in [-0.2, 0) is 0 Å². The molecule has 0 atom stereocenters. The van der Waals surface area contributed by atoms with Gasteiger partial charge in [0.1, 0.15) is 0 Å². The van der Waals surface area contributed by atoms with Crippen LogP contribution in [0.3, 0.4) is 0 Å². The van der Waals surface area contributed by atoms with Gasteiger partial charge in [-0.2, -0.15) is 0 Å². The molecule has 0 saturated heterocycles. The Morgan fingerprint density at radius 2 is 1.82 bits per heavy atom. The van der Waals surface area contributed by atoms with Gasteiger partial charge in [-0.3, -0.25) is 0 Å². The molecular formula is C8H10MgO2. The zero-order valence-corrected chi connectivity index (χ0v) is 7.79. The van der Waals surface area contributed by atoms with Crippen molar-refractivity contribution in [1.82, 2.24) is 0 Å². The maximum Gasteiger partial charge on any atom is 2.00 e. The zero-order valence-electron chi connectivity index (χ0n) is 8.37. The Morgan fingerprint density at radius 1 is 1.36 bits per heavy atom. The Morgan fingerprint density at radius 3 is 2.18 bits per heavy atom. The van der Waals surface area contributed by atoms with Crippen molar-refractivity contribution in [2.24, 2.45) is 0 Å². The van der Waals surface area contributed by atoms with Crippen molar-refractivity contribution in [3.05, 3.63) is 35.4 Å². The predicted molar refractivity (Wildman–Crippen MR) is 46.1 cm³/mol. The van der Waals surface area contributed by atoms with Crippen molar-refractivity contribution in [2.45, 2.75) is 6.92 Å². The third-order valence-corrected chi connectivity index (χ3v) is 1.30. The van der Waals surface area contributed by atoms with Gasteiger partial charge in [-0.05, 0) is 19.1 Å². The van der Waals surface area contributed by atoms with E-state index in [2.05, 4.69) is 0 Å². The average molecular weight is 162 g/mol. The molecule has 1 aromatic rings. The Kier molecular flexibility index (Phi) is 4.14. The SMILES string of the molecule is Cc1ccc(C(=O)O)cc1.[H-].[H-].[Mg+2]. The van der Waals surface area contributed by atoms with Gasteiger partial charge >= 0.3 is 29.0 Å². The number of aryl methyl sites for hydroxylation is 1. The Hall–Kier alpha value is -0.544. The molecule has 1 aromatic carbocycles. The van der Waals surface area contributed by atoms with Crippen LogP contribution in [-0.4, -0.2) is 34.1 Å². The van der Waals surface area contributed by atoms with E-state index in [9.17, 15) is 4.79 Å². The van der Waals surface area contributed by atoms with E-state index in [1.165, 1.54) is 0 Å². The van der Waals surface area contributed by atoms with Gasteiger partial charge in [0.25, 0.3) is 0 Å². The number of rotatable bonds is 1. The largest absolute Gasteiger partial charge is 2.00 e. The maximum atomic E-state index is 10.3. The first-order chi connectivity index (χ1) is 4.70. The van der Waals surface area contributed by atoms with Crippen LogP contribution in [0.15, 0.2) is 24.3 Å². The summed E-state index contributed by atoms with van der Waals surface area (Å²) in [6.45, 7) is 1.92. The standard InChI is InChI=1S/C8H8O2.Mg.2H/c1-6-2-4-7(5-3-6)8(9)10;;;/h2-5H,1H3,(H,9,10);;;/q;+2;2*-1. The van der Waals surface area contributed by atoms with E-state index >= 15 is 0 Å². The summed E-state index contributed by atoms with van der Waals surface area (Å²) in [6.07, 6.45) is 0. The van der Waals surface area contributed by atoms with Crippen molar-refractivity contribution < 1.29 is 12.8 Å². The number of benzene rings is 1. The summed E-state index contributed by atoms with van der Waals surface area (Å²) in [5.41, 5.74) is 1.41. The third kappa shape index (κ3) is 2.90. The minimum absolute atomic E-state index is 0. The van der Waals surface area contributed by atoms with Gasteiger partial charge in [-0.25, -0.2) is 4.79 Å². The van der Waals surface area contributed by atoms with Gasteiger partial charge in [-0.1, -0.05) is 17.7 Å². The first-order valence-electron chi connectivity index (χ1n) is 3.00. The molecule has 1 N–H and O–H groups in total. The second-order valence-corrected chi connectivity index (χ2v) is 2.17. The van der Waals surface area contributed by atoms with Crippen LogP contribution >= 0.6 is 0 Å². The minimum atomic E-state index is -0.875. The summed E-state index contributed by atoms with van der Waals surface area (Å²) >= 11 is 0. The fourth-order valence-electron chi connectivity index (χ4n) is 0.696. The topological polar surface area (TPSA) is 37.3 Å². The molecule has 0 aliphatic rings. The first-order valence-corrected chi connectivity index (χ1v) is 3.00. The van der Waals surface area contributed by atoms with Gasteiger partial charge in [0, 0.05) is 0 Å². The molecule has 0 saturated carbocycles. The molecule has 0 amide bonds. The molecule has 0 aromatic heterocycles. The van der Waals surface area contributed by atoms with Crippen LogP contribution in [0.2, 0.25) is 0 Å². The number of hydrogen-bond donors (Lipinski definition) is 1. The van der Waals surface area contributed by atoms with E-state index in [0.717, 1.165) is 5.56 Å². The fraction of sp³-hybridized carbons (Fsp3) is 0.125. The van der Waals surface area contributed by atoms with Crippen LogP contribution in [0.5, 0.6) is 0 Å². The molecular weight excluding hydrogens is 152 g/mol. The number of hydrogen-bond acceptors (Lipinski definition) is 1. The van der Waals surface area contributed by atoms with Crippen molar-refractivity contribution >= 4 is 29.0 Å². The number of carboxylic acids is 1. The molecule has 0 bridgehead atoms. The Labute approximate surface area is 84.4 Å². The van der Waals surface area contributed by atoms with E-state index in [-0.39, 0.29) is 25.9 Å². The number of carbonyl (C=O) groups is 1. The summed E-state index contributed by atoms with van der Waals surface area (Å²) in [6, 6.07) is 6.75. The average Bonchev–Trinajstić information content (AvgIpc) is 1.88. The second kappa shape index (κ2) is 4.36. The van der Waals surface area contributed by atoms with E-state index in [1.807, 2.05) is 6.92 Å². The molecule has 0 heterocycles. The monoisotopic (exact) mass is 162 g/mol. The molecule has 2 nitrogen and oxygen atoms in total. The molecule has 0 radical (unpaired) electrons. The maximum absolute atomic E-state index is 10.3. The zero-order chi connectivity index (χ0) is 7.56. The summed E-state index contributed by atoms with van der Waals surface area (Å²) in [5, 5.41) is 8.48. The van der Waals surface area contributed by atoms with Crippen LogP contribution in [0.1, 0.15) is 18.8 Å². The van der Waals surface area contributed by atoms with E-state index in [4.69, 9.17) is 5.11 Å². The van der Waals surface area contributed by atoms with Gasteiger partial charge in [0.15, 0.2) is 0 Å². The molecule has 0 spiro atoms.